The number of rotatable bonds is 3. The second kappa shape index (κ2) is 4.31. The van der Waals surface area contributed by atoms with Crippen LogP contribution in [0, 0.1) is 0 Å². The van der Waals surface area contributed by atoms with Crippen LogP contribution in [0.1, 0.15) is 0 Å². The van der Waals surface area contributed by atoms with Gasteiger partial charge in [0.2, 0.25) is 5.91 Å². The summed E-state index contributed by atoms with van der Waals surface area (Å²) in [4.78, 5) is 10.3. The van der Waals surface area contributed by atoms with Gasteiger partial charge < -0.3 is 21.1 Å². The summed E-state index contributed by atoms with van der Waals surface area (Å²) in [5.74, 6) is -0.400. The van der Waals surface area contributed by atoms with Gasteiger partial charge in [-0.2, -0.15) is 0 Å². The molecule has 52 valence electrons. The third kappa shape index (κ3) is 5.28. The summed E-state index contributed by atoms with van der Waals surface area (Å²) in [6.07, 6.45) is -0.171. The van der Waals surface area contributed by atoms with Crippen LogP contribution in [0.25, 0.3) is 0 Å². The lowest BCUT2D eigenvalue weighted by atomic mass is 9.93. The van der Waals surface area contributed by atoms with Gasteiger partial charge in [-0.05, 0) is 0 Å². The Morgan fingerprint density at radius 1 is 1.67 bits per heavy atom. The highest BCUT2D eigenvalue weighted by Gasteiger charge is 2.06. The van der Waals surface area contributed by atoms with Crippen molar-refractivity contribution in [1.82, 2.24) is 5.32 Å². The molecular formula is C3H9BN2O3. The van der Waals surface area contributed by atoms with Crippen LogP contribution >= 0.6 is 0 Å². The second-order valence-corrected chi connectivity index (χ2v) is 1.49. The Morgan fingerprint density at radius 2 is 2.22 bits per heavy atom. The summed E-state index contributed by atoms with van der Waals surface area (Å²) in [5.41, 5.74) is 4.88. The van der Waals surface area contributed by atoms with Gasteiger partial charge in [0.15, 0.2) is 0 Å². The maximum absolute atomic E-state index is 10.3. The van der Waals surface area contributed by atoms with E-state index >= 15 is 0 Å². The molecule has 0 aromatic rings. The smallest absolute Gasteiger partial charge is 0.426 e. The van der Waals surface area contributed by atoms with Crippen LogP contribution in [0.3, 0.4) is 0 Å². The van der Waals surface area contributed by atoms with Crippen molar-refractivity contribution in [3.8, 4) is 0 Å². The van der Waals surface area contributed by atoms with Crippen LogP contribution in [-0.2, 0) is 4.79 Å². The molecule has 0 radical (unpaired) electrons. The number of hydrogen-bond donors (Lipinski definition) is 4. The van der Waals surface area contributed by atoms with Gasteiger partial charge in [0, 0.05) is 0 Å². The largest absolute Gasteiger partial charge is 0.472 e. The van der Waals surface area contributed by atoms with Crippen LogP contribution in [0.4, 0.5) is 0 Å². The van der Waals surface area contributed by atoms with Crippen molar-refractivity contribution in [3.63, 3.8) is 0 Å². The molecule has 0 aromatic carbocycles. The van der Waals surface area contributed by atoms with Crippen molar-refractivity contribution < 1.29 is 14.8 Å². The lowest BCUT2D eigenvalue weighted by Gasteiger charge is -1.99. The van der Waals surface area contributed by atoms with Gasteiger partial charge in [-0.1, -0.05) is 0 Å². The Bertz CT molecular complexity index is 97.1. The molecule has 0 fully saturated rings. The zero-order chi connectivity index (χ0) is 7.28. The van der Waals surface area contributed by atoms with Crippen molar-refractivity contribution in [3.05, 3.63) is 0 Å². The van der Waals surface area contributed by atoms with Crippen molar-refractivity contribution in [2.24, 2.45) is 5.73 Å². The maximum Gasteiger partial charge on any atom is 0.472 e. The molecule has 0 saturated heterocycles. The van der Waals surface area contributed by atoms with Gasteiger partial charge in [-0.3, -0.25) is 4.79 Å². The SMILES string of the molecule is NCC(=O)NCB(O)O. The van der Waals surface area contributed by atoms with E-state index in [1.807, 2.05) is 0 Å². The van der Waals surface area contributed by atoms with Crippen LogP contribution in [-0.4, -0.2) is 36.1 Å². The normalized spacial score (nSPS) is 8.78. The molecule has 0 bridgehead atoms. The lowest BCUT2D eigenvalue weighted by Crippen LogP contribution is -2.38. The average Bonchev–Trinajstić information content (AvgIpc) is 1.83. The quantitative estimate of drug-likeness (QED) is 0.309. The average molecular weight is 132 g/mol. The van der Waals surface area contributed by atoms with Crippen LogP contribution < -0.4 is 11.1 Å². The van der Waals surface area contributed by atoms with E-state index in [1.54, 1.807) is 0 Å². The summed E-state index contributed by atoms with van der Waals surface area (Å²) in [5, 5.41) is 18.6. The number of carbonyl (C=O) groups excluding carboxylic acids is 1. The minimum atomic E-state index is -1.50. The number of amides is 1. The molecule has 5 nitrogen and oxygen atoms in total. The van der Waals surface area contributed by atoms with Gasteiger partial charge in [0.05, 0.1) is 13.0 Å². The molecule has 0 rings (SSSR count). The molecule has 1 amide bonds. The summed E-state index contributed by atoms with van der Waals surface area (Å²) in [6.45, 7) is -0.132. The standard InChI is InChI=1S/C3H9BN2O3/c5-1-3(7)6-2-4(8)9/h8-9H,1-2,5H2,(H,6,7). The van der Waals surface area contributed by atoms with E-state index in [4.69, 9.17) is 15.8 Å². The second-order valence-electron chi connectivity index (χ2n) is 1.49. The highest BCUT2D eigenvalue weighted by molar-refractivity contribution is 6.41. The van der Waals surface area contributed by atoms with Gasteiger partial charge in [0.1, 0.15) is 0 Å². The summed E-state index contributed by atoms with van der Waals surface area (Å²) < 4.78 is 0. The monoisotopic (exact) mass is 132 g/mol. The molecule has 5 N–H and O–H groups in total. The van der Waals surface area contributed by atoms with Gasteiger partial charge in [-0.15, -0.1) is 0 Å². The van der Waals surface area contributed by atoms with E-state index in [0.29, 0.717) is 0 Å². The Morgan fingerprint density at radius 3 is 2.56 bits per heavy atom. The highest BCUT2D eigenvalue weighted by Crippen LogP contribution is 1.63. The molecule has 9 heavy (non-hydrogen) atoms. The Balaban J connectivity index is 3.17. The molecule has 0 aliphatic rings. The van der Waals surface area contributed by atoms with Gasteiger partial charge in [0.25, 0.3) is 0 Å². The summed E-state index contributed by atoms with van der Waals surface area (Å²) >= 11 is 0. The minimum Gasteiger partial charge on any atom is -0.426 e. The Hall–Kier alpha value is -0.585. The number of nitrogens with two attached hydrogens (primary N) is 1. The molecule has 0 aromatic heterocycles. The first-order valence-electron chi connectivity index (χ1n) is 2.49. The number of carbonyl (C=O) groups is 1. The fraction of sp³-hybridized carbons (Fsp3) is 0.667. The third-order valence-electron chi connectivity index (χ3n) is 0.667. The molecule has 0 aliphatic heterocycles. The molecule has 0 unspecified atom stereocenters. The molecule has 0 spiro atoms. The van der Waals surface area contributed by atoms with Crippen LogP contribution in [0.5, 0.6) is 0 Å². The first-order valence-corrected chi connectivity index (χ1v) is 2.49. The Kier molecular flexibility index (Phi) is 4.03. The number of hydrogen-bond acceptors (Lipinski definition) is 4. The van der Waals surface area contributed by atoms with E-state index in [2.05, 4.69) is 5.32 Å². The third-order valence-corrected chi connectivity index (χ3v) is 0.667. The van der Waals surface area contributed by atoms with E-state index < -0.39 is 13.0 Å². The van der Waals surface area contributed by atoms with E-state index in [1.165, 1.54) is 0 Å². The molecule has 0 heterocycles. The van der Waals surface area contributed by atoms with Gasteiger partial charge in [-0.25, -0.2) is 0 Å². The van der Waals surface area contributed by atoms with E-state index in [0.717, 1.165) is 0 Å². The summed E-state index contributed by atoms with van der Waals surface area (Å²) in [7, 11) is -1.50. The predicted molar refractivity (Wildman–Crippen MR) is 32.3 cm³/mol. The Labute approximate surface area is 53.0 Å². The minimum absolute atomic E-state index is 0.132. The maximum atomic E-state index is 10.3. The first kappa shape index (κ1) is 8.41. The number of nitrogens with one attached hydrogen (secondary N) is 1. The van der Waals surface area contributed by atoms with Crippen molar-refractivity contribution in [1.29, 1.82) is 0 Å². The summed E-state index contributed by atoms with van der Waals surface area (Å²) in [6, 6.07) is 0. The molecular weight excluding hydrogens is 123 g/mol. The highest BCUT2D eigenvalue weighted by atomic mass is 16.4. The van der Waals surface area contributed by atoms with Crippen LogP contribution in [0.2, 0.25) is 0 Å². The fourth-order valence-electron chi connectivity index (χ4n) is 0.277. The van der Waals surface area contributed by atoms with E-state index in [9.17, 15) is 4.79 Å². The van der Waals surface area contributed by atoms with Crippen molar-refractivity contribution in [2.75, 3.05) is 13.0 Å². The lowest BCUT2D eigenvalue weighted by molar-refractivity contribution is -0.119. The van der Waals surface area contributed by atoms with Gasteiger partial charge >= 0.3 is 7.12 Å². The predicted octanol–water partition coefficient (Wildman–Crippen LogP) is -2.93. The zero-order valence-corrected chi connectivity index (χ0v) is 4.87. The van der Waals surface area contributed by atoms with Crippen molar-refractivity contribution >= 4 is 13.0 Å². The fourth-order valence-corrected chi connectivity index (χ4v) is 0.277. The molecule has 0 atom stereocenters. The zero-order valence-electron chi connectivity index (χ0n) is 4.87. The molecule has 0 saturated carbocycles. The van der Waals surface area contributed by atoms with E-state index in [-0.39, 0.29) is 13.0 Å². The van der Waals surface area contributed by atoms with Crippen LogP contribution in [0.15, 0.2) is 0 Å². The van der Waals surface area contributed by atoms with Crippen molar-refractivity contribution in [2.45, 2.75) is 0 Å². The topological polar surface area (TPSA) is 95.6 Å². The molecule has 6 heteroatoms. The molecule has 0 aliphatic carbocycles. The first-order chi connectivity index (χ1) is 4.16.